The van der Waals surface area contributed by atoms with Crippen LogP contribution in [0.4, 0.5) is 11.8 Å². The van der Waals surface area contributed by atoms with E-state index in [-0.39, 0.29) is 6.61 Å². The summed E-state index contributed by atoms with van der Waals surface area (Å²) < 4.78 is 7.28. The van der Waals surface area contributed by atoms with E-state index in [9.17, 15) is 15.3 Å². The molecule has 2 aliphatic rings. The van der Waals surface area contributed by atoms with Gasteiger partial charge in [-0.2, -0.15) is 0 Å². The number of hydrogen-bond donors (Lipinski definition) is 5. The maximum absolute atomic E-state index is 10.4. The number of anilines is 2. The van der Waals surface area contributed by atoms with Crippen LogP contribution in [0.5, 0.6) is 0 Å². The Kier molecular flexibility index (Phi) is 5.13. The Morgan fingerprint density at radius 1 is 1.19 bits per heavy atom. The Morgan fingerprint density at radius 2 is 1.96 bits per heavy atom. The zero-order valence-corrected chi connectivity index (χ0v) is 15.2. The van der Waals surface area contributed by atoms with Crippen LogP contribution in [-0.2, 0) is 4.74 Å². The van der Waals surface area contributed by atoms with Gasteiger partial charge in [-0.25, -0.2) is 15.0 Å². The highest BCUT2D eigenvalue weighted by molar-refractivity contribution is 5.85. The van der Waals surface area contributed by atoms with Crippen LogP contribution in [0.1, 0.15) is 38.3 Å². The fourth-order valence-corrected chi connectivity index (χ4v) is 3.97. The van der Waals surface area contributed by atoms with Gasteiger partial charge in [-0.05, 0) is 12.8 Å². The van der Waals surface area contributed by atoms with Crippen molar-refractivity contribution in [2.24, 2.45) is 0 Å². The Bertz CT molecular complexity index is 793. The summed E-state index contributed by atoms with van der Waals surface area (Å²) in [7, 11) is 1.71. The summed E-state index contributed by atoms with van der Waals surface area (Å²) >= 11 is 0. The fourth-order valence-electron chi connectivity index (χ4n) is 3.97. The maximum Gasteiger partial charge on any atom is 0.207 e. The Balaban J connectivity index is 1.72. The van der Waals surface area contributed by atoms with Gasteiger partial charge in [0.15, 0.2) is 23.2 Å². The molecule has 2 aromatic rings. The number of ether oxygens (including phenoxy) is 1. The molecule has 3 heterocycles. The Hall–Kier alpha value is -2.01. The van der Waals surface area contributed by atoms with Crippen LogP contribution in [0.2, 0.25) is 0 Å². The van der Waals surface area contributed by atoms with Crippen molar-refractivity contribution in [1.82, 2.24) is 19.5 Å². The number of nitrogens with one attached hydrogen (secondary N) is 2. The number of aliphatic hydroxyl groups excluding tert-OH is 3. The van der Waals surface area contributed by atoms with Gasteiger partial charge < -0.3 is 30.7 Å². The van der Waals surface area contributed by atoms with Gasteiger partial charge in [0.25, 0.3) is 0 Å². The Morgan fingerprint density at radius 3 is 2.63 bits per heavy atom. The average molecular weight is 378 g/mol. The van der Waals surface area contributed by atoms with E-state index in [1.807, 2.05) is 0 Å². The molecule has 4 unspecified atom stereocenters. The minimum Gasteiger partial charge on any atom is -0.394 e. The van der Waals surface area contributed by atoms with Crippen LogP contribution in [0.15, 0.2) is 6.33 Å². The molecule has 27 heavy (non-hydrogen) atoms. The van der Waals surface area contributed by atoms with Crippen molar-refractivity contribution in [3.05, 3.63) is 6.33 Å². The van der Waals surface area contributed by atoms with E-state index in [1.54, 1.807) is 11.6 Å². The van der Waals surface area contributed by atoms with E-state index in [1.165, 1.54) is 25.6 Å². The number of imidazole rings is 1. The highest BCUT2D eigenvalue weighted by Gasteiger charge is 2.45. The van der Waals surface area contributed by atoms with Crippen LogP contribution in [-0.4, -0.2) is 72.8 Å². The van der Waals surface area contributed by atoms with Crippen molar-refractivity contribution in [3.8, 4) is 0 Å². The molecule has 1 aliphatic carbocycles. The normalized spacial score (nSPS) is 29.3. The minimum absolute atomic E-state index is 0.356. The third kappa shape index (κ3) is 3.22. The van der Waals surface area contributed by atoms with Crippen molar-refractivity contribution >= 4 is 22.9 Å². The molecule has 4 atom stereocenters. The maximum atomic E-state index is 10.4. The fraction of sp³-hybridized carbons (Fsp3) is 0.706. The third-order valence-electron chi connectivity index (χ3n) is 5.42. The monoisotopic (exact) mass is 378 g/mol. The van der Waals surface area contributed by atoms with Crippen molar-refractivity contribution in [2.75, 3.05) is 24.3 Å². The van der Waals surface area contributed by atoms with Crippen molar-refractivity contribution < 1.29 is 20.1 Å². The molecule has 148 valence electrons. The van der Waals surface area contributed by atoms with Gasteiger partial charge in [-0.1, -0.05) is 19.3 Å². The summed E-state index contributed by atoms with van der Waals surface area (Å²) in [6.45, 7) is -0.389. The van der Waals surface area contributed by atoms with Gasteiger partial charge in [0.1, 0.15) is 24.6 Å². The highest BCUT2D eigenvalue weighted by Crippen LogP contribution is 2.35. The van der Waals surface area contributed by atoms with Crippen LogP contribution in [0, 0.1) is 0 Å². The minimum atomic E-state index is -1.21. The molecule has 2 aromatic heterocycles. The Labute approximate surface area is 156 Å². The SMILES string of the molecule is CNc1nc2c(NC3CCCCC3)ncnc2n1C1OC(CO)C(O)C1O. The van der Waals surface area contributed by atoms with Gasteiger partial charge in [-0.15, -0.1) is 0 Å². The first-order valence-corrected chi connectivity index (χ1v) is 9.43. The van der Waals surface area contributed by atoms with E-state index in [2.05, 4.69) is 25.6 Å². The average Bonchev–Trinajstić information content (AvgIpc) is 3.21. The summed E-state index contributed by atoms with van der Waals surface area (Å²) in [6, 6.07) is 0.356. The lowest BCUT2D eigenvalue weighted by Gasteiger charge is -2.23. The van der Waals surface area contributed by atoms with Gasteiger partial charge in [0.2, 0.25) is 5.95 Å². The predicted octanol–water partition coefficient (Wildman–Crippen LogP) is 0.224. The molecule has 1 aliphatic heterocycles. The second kappa shape index (κ2) is 7.55. The first kappa shape index (κ1) is 18.4. The smallest absolute Gasteiger partial charge is 0.207 e. The van der Waals surface area contributed by atoms with Crippen LogP contribution in [0.25, 0.3) is 11.2 Å². The summed E-state index contributed by atoms with van der Waals surface area (Å²) in [6.07, 6.45) is 3.12. The number of nitrogens with zero attached hydrogens (tertiary/aromatic N) is 4. The largest absolute Gasteiger partial charge is 0.394 e. The van der Waals surface area contributed by atoms with E-state index >= 15 is 0 Å². The van der Waals surface area contributed by atoms with E-state index in [4.69, 9.17) is 4.74 Å². The molecule has 4 rings (SSSR count). The summed E-state index contributed by atoms with van der Waals surface area (Å²) in [5.41, 5.74) is 1.06. The first-order valence-electron chi connectivity index (χ1n) is 9.43. The van der Waals surface area contributed by atoms with E-state index in [0.717, 1.165) is 12.8 Å². The molecular weight excluding hydrogens is 352 g/mol. The number of fused-ring (bicyclic) bond motifs is 1. The van der Waals surface area contributed by atoms with Crippen molar-refractivity contribution in [2.45, 2.75) is 62.7 Å². The first-order chi connectivity index (χ1) is 13.1. The second-order valence-electron chi connectivity index (χ2n) is 7.16. The molecule has 10 heteroatoms. The lowest BCUT2D eigenvalue weighted by Crippen LogP contribution is -2.33. The number of aliphatic hydroxyl groups is 3. The van der Waals surface area contributed by atoms with Gasteiger partial charge in [0, 0.05) is 13.1 Å². The zero-order chi connectivity index (χ0) is 19.0. The lowest BCUT2D eigenvalue weighted by molar-refractivity contribution is -0.0501. The molecule has 1 saturated heterocycles. The van der Waals surface area contributed by atoms with Gasteiger partial charge in [0.05, 0.1) is 6.61 Å². The van der Waals surface area contributed by atoms with Crippen molar-refractivity contribution in [3.63, 3.8) is 0 Å². The van der Waals surface area contributed by atoms with E-state index < -0.39 is 24.5 Å². The van der Waals surface area contributed by atoms with Crippen LogP contribution >= 0.6 is 0 Å². The quantitative estimate of drug-likeness (QED) is 0.495. The molecule has 0 spiro atoms. The summed E-state index contributed by atoms with van der Waals surface area (Å²) in [5.74, 6) is 1.08. The highest BCUT2D eigenvalue weighted by atomic mass is 16.6. The molecule has 1 saturated carbocycles. The predicted molar refractivity (Wildman–Crippen MR) is 98.4 cm³/mol. The molecule has 0 bridgehead atoms. The number of hydrogen-bond acceptors (Lipinski definition) is 9. The molecule has 5 N–H and O–H groups in total. The van der Waals surface area contributed by atoms with Crippen LogP contribution in [0.3, 0.4) is 0 Å². The molecular formula is C17H26N6O4. The molecule has 0 aromatic carbocycles. The third-order valence-corrected chi connectivity index (χ3v) is 5.42. The molecule has 0 radical (unpaired) electrons. The van der Waals surface area contributed by atoms with Gasteiger partial charge in [-0.3, -0.25) is 4.57 Å². The lowest BCUT2D eigenvalue weighted by atomic mass is 9.95. The number of rotatable bonds is 5. The topological polar surface area (TPSA) is 138 Å². The van der Waals surface area contributed by atoms with Crippen molar-refractivity contribution in [1.29, 1.82) is 0 Å². The van der Waals surface area contributed by atoms with E-state index in [0.29, 0.717) is 29.0 Å². The molecule has 0 amide bonds. The molecule has 2 fully saturated rings. The molecule has 10 nitrogen and oxygen atoms in total. The zero-order valence-electron chi connectivity index (χ0n) is 15.2. The second-order valence-corrected chi connectivity index (χ2v) is 7.16. The summed E-state index contributed by atoms with van der Waals surface area (Å²) in [5, 5.41) is 36.3. The summed E-state index contributed by atoms with van der Waals surface area (Å²) in [4.78, 5) is 13.3. The van der Waals surface area contributed by atoms with Gasteiger partial charge >= 0.3 is 0 Å². The van der Waals surface area contributed by atoms with Crippen LogP contribution < -0.4 is 10.6 Å². The number of aromatic nitrogens is 4. The standard InChI is InChI=1S/C17H26N6O4/c1-18-17-22-11-14(21-9-5-3-2-4-6-9)19-8-20-15(11)23(17)16-13(26)12(25)10(7-24)27-16/h8-10,12-13,16,24-26H,2-7H2,1H3,(H,18,22)(H,19,20,21).